The first kappa shape index (κ1) is 15.2. The van der Waals surface area contributed by atoms with Gasteiger partial charge in [-0.1, -0.05) is 12.1 Å². The van der Waals surface area contributed by atoms with Gasteiger partial charge in [-0.25, -0.2) is 9.50 Å². The number of fused-ring (bicyclic) bond motifs is 1. The van der Waals surface area contributed by atoms with Gasteiger partial charge in [0.05, 0.1) is 6.20 Å². The Bertz CT molecular complexity index is 867. The molecule has 1 aromatic carbocycles. The van der Waals surface area contributed by atoms with Gasteiger partial charge in [-0.15, -0.1) is 0 Å². The number of benzene rings is 1. The maximum atomic E-state index is 12.8. The summed E-state index contributed by atoms with van der Waals surface area (Å²) < 4.78 is 1.69. The van der Waals surface area contributed by atoms with Crippen LogP contribution in [0.3, 0.4) is 0 Å². The van der Waals surface area contributed by atoms with E-state index in [0.29, 0.717) is 17.8 Å². The van der Waals surface area contributed by atoms with Gasteiger partial charge in [0.15, 0.2) is 5.65 Å². The molecule has 0 aliphatic heterocycles. The molecule has 0 atom stereocenters. The predicted octanol–water partition coefficient (Wildman–Crippen LogP) is 2.08. The summed E-state index contributed by atoms with van der Waals surface area (Å²) in [6, 6.07) is 9.54. The van der Waals surface area contributed by atoms with Crippen LogP contribution in [-0.2, 0) is 6.54 Å². The number of nitrogens with two attached hydrogens (primary N) is 1. The Hall–Kier alpha value is -2.73. The second kappa shape index (κ2) is 5.81. The lowest BCUT2D eigenvalue weighted by Gasteiger charge is -2.17. The van der Waals surface area contributed by atoms with E-state index >= 15 is 0 Å². The maximum absolute atomic E-state index is 12.8. The lowest BCUT2D eigenvalue weighted by molar-refractivity contribution is 0.0994. The summed E-state index contributed by atoms with van der Waals surface area (Å²) in [5.41, 5.74) is 10.3. The highest BCUT2D eigenvalue weighted by Crippen LogP contribution is 2.19. The molecule has 2 heterocycles. The Morgan fingerprint density at radius 3 is 2.61 bits per heavy atom. The van der Waals surface area contributed by atoms with Gasteiger partial charge < -0.3 is 10.6 Å². The standard InChI is InChI=1S/C17H19N5O/c1-11-8-12(2)22-16(20-11)15(10-19-22)17(23)21(3)14-6-4-13(9-18)5-7-14/h4-8,10H,9,18H2,1-3H3. The highest BCUT2D eigenvalue weighted by atomic mass is 16.2. The Kier molecular flexibility index (Phi) is 3.83. The summed E-state index contributed by atoms with van der Waals surface area (Å²) in [5.74, 6) is -0.141. The quantitative estimate of drug-likeness (QED) is 0.803. The van der Waals surface area contributed by atoms with E-state index in [0.717, 1.165) is 22.6 Å². The Morgan fingerprint density at radius 1 is 1.26 bits per heavy atom. The van der Waals surface area contributed by atoms with Gasteiger partial charge in [-0.2, -0.15) is 5.10 Å². The van der Waals surface area contributed by atoms with Gasteiger partial charge >= 0.3 is 0 Å². The van der Waals surface area contributed by atoms with Crippen molar-refractivity contribution in [1.82, 2.24) is 14.6 Å². The summed E-state index contributed by atoms with van der Waals surface area (Å²) in [4.78, 5) is 18.9. The van der Waals surface area contributed by atoms with Crippen molar-refractivity contribution in [3.8, 4) is 0 Å². The molecule has 0 saturated carbocycles. The zero-order valence-corrected chi connectivity index (χ0v) is 13.4. The fourth-order valence-corrected chi connectivity index (χ4v) is 2.57. The highest BCUT2D eigenvalue weighted by molar-refractivity contribution is 6.09. The van der Waals surface area contributed by atoms with Crippen LogP contribution in [0.5, 0.6) is 0 Å². The third-order valence-electron chi connectivity index (χ3n) is 3.87. The number of hydrogen-bond acceptors (Lipinski definition) is 4. The molecule has 0 bridgehead atoms. The highest BCUT2D eigenvalue weighted by Gasteiger charge is 2.20. The number of rotatable bonds is 3. The molecule has 0 fully saturated rings. The van der Waals surface area contributed by atoms with Crippen LogP contribution in [0.15, 0.2) is 36.5 Å². The van der Waals surface area contributed by atoms with Crippen molar-refractivity contribution in [2.75, 3.05) is 11.9 Å². The fraction of sp³-hybridized carbons (Fsp3) is 0.235. The van der Waals surface area contributed by atoms with Crippen LogP contribution >= 0.6 is 0 Å². The van der Waals surface area contributed by atoms with Crippen molar-refractivity contribution in [2.45, 2.75) is 20.4 Å². The second-order valence-corrected chi connectivity index (χ2v) is 5.57. The van der Waals surface area contributed by atoms with Gasteiger partial charge in [0.2, 0.25) is 0 Å². The van der Waals surface area contributed by atoms with Crippen molar-refractivity contribution >= 4 is 17.2 Å². The number of aromatic nitrogens is 3. The van der Waals surface area contributed by atoms with E-state index in [1.807, 2.05) is 44.2 Å². The average Bonchev–Trinajstić information content (AvgIpc) is 2.97. The molecular formula is C17H19N5O. The largest absolute Gasteiger partial charge is 0.326 e. The summed E-state index contributed by atoms with van der Waals surface area (Å²) in [5, 5.41) is 4.27. The van der Waals surface area contributed by atoms with E-state index < -0.39 is 0 Å². The van der Waals surface area contributed by atoms with E-state index in [4.69, 9.17) is 5.73 Å². The molecule has 0 saturated heterocycles. The second-order valence-electron chi connectivity index (χ2n) is 5.57. The number of amides is 1. The fourth-order valence-electron chi connectivity index (χ4n) is 2.57. The zero-order chi connectivity index (χ0) is 16.6. The van der Waals surface area contributed by atoms with Crippen molar-refractivity contribution in [3.05, 3.63) is 59.0 Å². The lowest BCUT2D eigenvalue weighted by Crippen LogP contribution is -2.26. The first-order valence-electron chi connectivity index (χ1n) is 7.40. The normalized spacial score (nSPS) is 11.0. The molecule has 3 aromatic rings. The van der Waals surface area contributed by atoms with Crippen LogP contribution in [0, 0.1) is 13.8 Å². The van der Waals surface area contributed by atoms with Gasteiger partial charge in [0, 0.05) is 30.7 Å². The number of anilines is 1. The molecule has 1 amide bonds. The number of carbonyl (C=O) groups excluding carboxylic acids is 1. The molecular weight excluding hydrogens is 290 g/mol. The molecule has 0 aliphatic carbocycles. The van der Waals surface area contributed by atoms with Crippen molar-refractivity contribution < 1.29 is 4.79 Å². The van der Waals surface area contributed by atoms with Crippen LogP contribution in [0.4, 0.5) is 5.69 Å². The predicted molar refractivity (Wildman–Crippen MR) is 89.5 cm³/mol. The Labute approximate surface area is 134 Å². The minimum absolute atomic E-state index is 0.141. The van der Waals surface area contributed by atoms with Crippen LogP contribution < -0.4 is 10.6 Å². The molecule has 6 nitrogen and oxygen atoms in total. The number of aryl methyl sites for hydroxylation is 2. The molecule has 3 rings (SSSR count). The van der Waals surface area contributed by atoms with Crippen molar-refractivity contribution in [3.63, 3.8) is 0 Å². The van der Waals surface area contributed by atoms with Gasteiger partial charge in [-0.3, -0.25) is 4.79 Å². The van der Waals surface area contributed by atoms with Gasteiger partial charge in [0.25, 0.3) is 5.91 Å². The first-order chi connectivity index (χ1) is 11.0. The summed E-state index contributed by atoms with van der Waals surface area (Å²) >= 11 is 0. The smallest absolute Gasteiger partial charge is 0.263 e. The zero-order valence-electron chi connectivity index (χ0n) is 13.4. The Morgan fingerprint density at radius 2 is 1.96 bits per heavy atom. The minimum atomic E-state index is -0.141. The monoisotopic (exact) mass is 309 g/mol. The van der Waals surface area contributed by atoms with E-state index in [2.05, 4.69) is 10.1 Å². The molecule has 0 aliphatic rings. The van der Waals surface area contributed by atoms with E-state index in [9.17, 15) is 4.79 Å². The van der Waals surface area contributed by atoms with Crippen LogP contribution in [-0.4, -0.2) is 27.6 Å². The molecule has 6 heteroatoms. The van der Waals surface area contributed by atoms with Crippen LogP contribution in [0.2, 0.25) is 0 Å². The van der Waals surface area contributed by atoms with Crippen LogP contribution in [0.1, 0.15) is 27.3 Å². The molecule has 2 N–H and O–H groups in total. The van der Waals surface area contributed by atoms with E-state index in [-0.39, 0.29) is 5.91 Å². The van der Waals surface area contributed by atoms with Gasteiger partial charge in [-0.05, 0) is 37.6 Å². The molecule has 2 aromatic heterocycles. The van der Waals surface area contributed by atoms with Crippen LogP contribution in [0.25, 0.3) is 5.65 Å². The van der Waals surface area contributed by atoms with Crippen molar-refractivity contribution in [2.24, 2.45) is 5.73 Å². The lowest BCUT2D eigenvalue weighted by atomic mass is 10.2. The maximum Gasteiger partial charge on any atom is 0.263 e. The SMILES string of the molecule is Cc1cc(C)n2ncc(C(=O)N(C)c3ccc(CN)cc3)c2n1. The molecule has 0 radical (unpaired) electrons. The molecule has 118 valence electrons. The summed E-state index contributed by atoms with van der Waals surface area (Å²) in [6.07, 6.45) is 1.57. The molecule has 0 spiro atoms. The number of nitrogens with zero attached hydrogens (tertiary/aromatic N) is 4. The third kappa shape index (κ3) is 2.68. The van der Waals surface area contributed by atoms with E-state index in [1.54, 1.807) is 22.7 Å². The van der Waals surface area contributed by atoms with Crippen molar-refractivity contribution in [1.29, 1.82) is 0 Å². The van der Waals surface area contributed by atoms with E-state index in [1.165, 1.54) is 0 Å². The molecule has 23 heavy (non-hydrogen) atoms. The summed E-state index contributed by atoms with van der Waals surface area (Å²) in [6.45, 7) is 4.33. The average molecular weight is 309 g/mol. The third-order valence-corrected chi connectivity index (χ3v) is 3.87. The summed E-state index contributed by atoms with van der Waals surface area (Å²) in [7, 11) is 1.74. The number of carbonyl (C=O) groups is 1. The van der Waals surface area contributed by atoms with Gasteiger partial charge in [0.1, 0.15) is 5.56 Å². The minimum Gasteiger partial charge on any atom is -0.326 e. The Balaban J connectivity index is 1.99. The number of hydrogen-bond donors (Lipinski definition) is 1. The first-order valence-corrected chi connectivity index (χ1v) is 7.40. The topological polar surface area (TPSA) is 76.5 Å². The molecule has 0 unspecified atom stereocenters.